The third kappa shape index (κ3) is 4.36. The molecule has 0 fully saturated rings. The zero-order valence-electron chi connectivity index (χ0n) is 18.3. The van der Waals surface area contributed by atoms with Crippen molar-refractivity contribution in [1.29, 1.82) is 0 Å². The average molecular weight is 455 g/mol. The highest BCUT2D eigenvalue weighted by atomic mass is 28.4. The van der Waals surface area contributed by atoms with E-state index < -0.39 is 16.9 Å². The van der Waals surface area contributed by atoms with Gasteiger partial charge in [0.1, 0.15) is 0 Å². The second kappa shape index (κ2) is 9.48. The minimum absolute atomic E-state index is 0.333. The third-order valence-corrected chi connectivity index (χ3v) is 13.8. The Kier molecular flexibility index (Phi) is 6.51. The lowest BCUT2D eigenvalue weighted by Gasteiger charge is -2.40. The summed E-state index contributed by atoms with van der Waals surface area (Å²) in [6.45, 7) is 3.43. The zero-order chi connectivity index (χ0) is 22.4. The SMILES string of the molecule is CC(=O)O[Si](C)(O[Si](c1ccccc1)(c1ccccc1)c1ccccc1)c1ccccc1. The van der Waals surface area contributed by atoms with Crippen LogP contribution in [0.4, 0.5) is 0 Å². The molecule has 32 heavy (non-hydrogen) atoms. The summed E-state index contributed by atoms with van der Waals surface area (Å²) in [5.41, 5.74) is 0. The van der Waals surface area contributed by atoms with Crippen LogP contribution in [-0.2, 0) is 13.3 Å². The van der Waals surface area contributed by atoms with E-state index in [0.717, 1.165) is 20.7 Å². The van der Waals surface area contributed by atoms with Gasteiger partial charge in [-0.3, -0.25) is 4.79 Å². The van der Waals surface area contributed by atoms with Crippen molar-refractivity contribution in [2.45, 2.75) is 13.5 Å². The lowest BCUT2D eigenvalue weighted by molar-refractivity contribution is -0.133. The molecule has 4 aromatic rings. The number of hydrogen-bond donors (Lipinski definition) is 0. The van der Waals surface area contributed by atoms with Crippen LogP contribution in [0.15, 0.2) is 121 Å². The zero-order valence-corrected chi connectivity index (χ0v) is 20.3. The van der Waals surface area contributed by atoms with Gasteiger partial charge in [-0.1, -0.05) is 121 Å². The monoisotopic (exact) mass is 454 g/mol. The Labute approximate surface area is 191 Å². The van der Waals surface area contributed by atoms with E-state index in [2.05, 4.69) is 36.4 Å². The summed E-state index contributed by atoms with van der Waals surface area (Å²) in [4.78, 5) is 12.3. The molecule has 0 bridgehead atoms. The molecular weight excluding hydrogens is 428 g/mol. The maximum atomic E-state index is 12.3. The Morgan fingerprint density at radius 2 is 0.875 bits per heavy atom. The van der Waals surface area contributed by atoms with Gasteiger partial charge in [-0.2, -0.15) is 0 Å². The predicted octanol–water partition coefficient (Wildman–Crippen LogP) is 3.21. The van der Waals surface area contributed by atoms with E-state index in [-0.39, 0.29) is 5.97 Å². The van der Waals surface area contributed by atoms with Gasteiger partial charge in [0.25, 0.3) is 14.3 Å². The van der Waals surface area contributed by atoms with Crippen molar-refractivity contribution in [3.63, 3.8) is 0 Å². The van der Waals surface area contributed by atoms with Crippen LogP contribution < -0.4 is 20.7 Å². The Hall–Kier alpha value is -3.26. The van der Waals surface area contributed by atoms with Crippen LogP contribution in [0.3, 0.4) is 0 Å². The lowest BCUT2D eigenvalue weighted by atomic mass is 10.3. The fourth-order valence-electron chi connectivity index (χ4n) is 4.14. The topological polar surface area (TPSA) is 35.5 Å². The van der Waals surface area contributed by atoms with E-state index in [1.807, 2.05) is 91.5 Å². The summed E-state index contributed by atoms with van der Waals surface area (Å²) in [6, 6.07) is 40.9. The molecule has 4 aromatic carbocycles. The molecule has 0 amide bonds. The number of carbonyl (C=O) groups excluding carboxylic acids is 1. The van der Waals surface area contributed by atoms with Crippen LogP contribution in [0.5, 0.6) is 0 Å². The van der Waals surface area contributed by atoms with E-state index in [0.29, 0.717) is 0 Å². The second-order valence-electron chi connectivity index (χ2n) is 7.79. The average Bonchev–Trinajstić information content (AvgIpc) is 2.84. The molecule has 0 spiro atoms. The number of rotatable bonds is 7. The number of benzene rings is 4. The van der Waals surface area contributed by atoms with Crippen LogP contribution in [0, 0.1) is 0 Å². The van der Waals surface area contributed by atoms with Crippen LogP contribution in [0.2, 0.25) is 6.55 Å². The Morgan fingerprint density at radius 1 is 0.562 bits per heavy atom. The molecule has 160 valence electrons. The fourth-order valence-corrected chi connectivity index (χ4v) is 13.0. The molecule has 0 saturated heterocycles. The van der Waals surface area contributed by atoms with Crippen molar-refractivity contribution < 1.29 is 13.3 Å². The van der Waals surface area contributed by atoms with E-state index in [9.17, 15) is 4.79 Å². The van der Waals surface area contributed by atoms with Gasteiger partial charge >= 0.3 is 8.56 Å². The minimum atomic E-state index is -3.16. The maximum Gasteiger partial charge on any atom is 0.423 e. The standard InChI is InChI=1S/C27H26O3Si2/c1-23(28)29-31(2,24-15-7-3-8-16-24)30-32(25-17-9-4-10-18-25,26-19-11-5-12-20-26)27-21-13-6-14-22-27/h3-22H,1-2H3. The highest BCUT2D eigenvalue weighted by Gasteiger charge is 2.51. The van der Waals surface area contributed by atoms with Gasteiger partial charge in [-0.15, -0.1) is 0 Å². The molecule has 0 radical (unpaired) electrons. The number of hydrogen-bond acceptors (Lipinski definition) is 3. The van der Waals surface area contributed by atoms with E-state index in [1.165, 1.54) is 6.92 Å². The van der Waals surface area contributed by atoms with Crippen molar-refractivity contribution in [3.8, 4) is 0 Å². The van der Waals surface area contributed by atoms with Crippen molar-refractivity contribution in [2.75, 3.05) is 0 Å². The van der Waals surface area contributed by atoms with Gasteiger partial charge < -0.3 is 8.54 Å². The summed E-state index contributed by atoms with van der Waals surface area (Å²) in [6.07, 6.45) is 0. The minimum Gasteiger partial charge on any atom is -0.491 e. The molecule has 0 aromatic heterocycles. The van der Waals surface area contributed by atoms with Gasteiger partial charge in [-0.05, 0) is 22.1 Å². The normalized spacial score (nSPS) is 13.2. The van der Waals surface area contributed by atoms with Crippen molar-refractivity contribution in [2.24, 2.45) is 0 Å². The summed E-state index contributed by atoms with van der Waals surface area (Å²) in [5.74, 6) is -0.333. The summed E-state index contributed by atoms with van der Waals surface area (Å²) in [5, 5.41) is 4.26. The van der Waals surface area contributed by atoms with Gasteiger partial charge in [0.05, 0.1) is 0 Å². The molecule has 0 saturated carbocycles. The number of carbonyl (C=O) groups is 1. The predicted molar refractivity (Wildman–Crippen MR) is 135 cm³/mol. The van der Waals surface area contributed by atoms with Gasteiger partial charge in [0.2, 0.25) is 0 Å². The maximum absolute atomic E-state index is 12.3. The molecule has 5 heteroatoms. The first-order valence-corrected chi connectivity index (χ1v) is 14.9. The second-order valence-corrected chi connectivity index (χ2v) is 14.4. The first-order chi connectivity index (χ1) is 15.5. The van der Waals surface area contributed by atoms with E-state index >= 15 is 0 Å². The first kappa shape index (κ1) is 22.0. The lowest BCUT2D eigenvalue weighted by Crippen LogP contribution is -2.75. The Morgan fingerprint density at radius 3 is 1.19 bits per heavy atom. The molecule has 0 aliphatic heterocycles. The largest absolute Gasteiger partial charge is 0.491 e. The Bertz CT molecular complexity index is 1060. The van der Waals surface area contributed by atoms with E-state index in [4.69, 9.17) is 8.54 Å². The molecular formula is C27H26O3Si2. The van der Waals surface area contributed by atoms with Crippen LogP contribution in [-0.4, -0.2) is 22.8 Å². The highest BCUT2D eigenvalue weighted by molar-refractivity contribution is 7.11. The molecule has 0 N–H and O–H groups in total. The van der Waals surface area contributed by atoms with E-state index in [1.54, 1.807) is 0 Å². The van der Waals surface area contributed by atoms with Crippen LogP contribution in [0.25, 0.3) is 0 Å². The molecule has 1 unspecified atom stereocenters. The van der Waals surface area contributed by atoms with Gasteiger partial charge in [0.15, 0.2) is 0 Å². The first-order valence-electron chi connectivity index (χ1n) is 10.7. The molecule has 0 aliphatic rings. The molecule has 3 nitrogen and oxygen atoms in total. The summed E-state index contributed by atoms with van der Waals surface area (Å²) < 4.78 is 13.4. The van der Waals surface area contributed by atoms with Gasteiger partial charge in [-0.25, -0.2) is 0 Å². The van der Waals surface area contributed by atoms with Crippen LogP contribution in [0.1, 0.15) is 6.92 Å². The smallest absolute Gasteiger partial charge is 0.423 e. The van der Waals surface area contributed by atoms with Crippen molar-refractivity contribution in [1.82, 2.24) is 0 Å². The molecule has 0 heterocycles. The van der Waals surface area contributed by atoms with Crippen LogP contribution >= 0.6 is 0 Å². The van der Waals surface area contributed by atoms with Crippen molar-refractivity contribution in [3.05, 3.63) is 121 Å². The van der Waals surface area contributed by atoms with Crippen molar-refractivity contribution >= 4 is 43.6 Å². The summed E-state index contributed by atoms with van der Waals surface area (Å²) >= 11 is 0. The molecule has 4 rings (SSSR count). The summed E-state index contributed by atoms with van der Waals surface area (Å²) in [7, 11) is -6.18. The highest BCUT2D eigenvalue weighted by Crippen LogP contribution is 2.18. The fraction of sp³-hybridized carbons (Fsp3) is 0.0741. The quantitative estimate of drug-likeness (QED) is 0.318. The molecule has 1 atom stereocenters. The Balaban J connectivity index is 2.02. The van der Waals surface area contributed by atoms with Gasteiger partial charge in [0, 0.05) is 12.1 Å². The third-order valence-electron chi connectivity index (χ3n) is 5.53. The molecule has 0 aliphatic carbocycles.